The SMILES string of the molecule is CCOc1ccc(CN(C)C(=O)c2cc(S(=O)(=O)N(CC)CC)ccc2Br)cc1. The maximum atomic E-state index is 13.0. The van der Waals surface area contributed by atoms with E-state index in [4.69, 9.17) is 4.74 Å². The van der Waals surface area contributed by atoms with Crippen molar-refractivity contribution in [1.29, 1.82) is 0 Å². The van der Waals surface area contributed by atoms with Crippen molar-refractivity contribution >= 4 is 31.9 Å². The molecule has 0 bridgehead atoms. The summed E-state index contributed by atoms with van der Waals surface area (Å²) in [5.74, 6) is 0.518. The lowest BCUT2D eigenvalue weighted by Gasteiger charge is -2.21. The monoisotopic (exact) mass is 482 g/mol. The second kappa shape index (κ2) is 10.2. The number of sulfonamides is 1. The zero-order valence-electron chi connectivity index (χ0n) is 17.2. The molecule has 0 spiro atoms. The van der Waals surface area contributed by atoms with Crippen LogP contribution in [0.15, 0.2) is 51.8 Å². The lowest BCUT2D eigenvalue weighted by atomic mass is 10.1. The summed E-state index contributed by atoms with van der Waals surface area (Å²) in [5, 5.41) is 0. The van der Waals surface area contributed by atoms with Crippen molar-refractivity contribution in [2.24, 2.45) is 0 Å². The lowest BCUT2D eigenvalue weighted by Crippen LogP contribution is -2.31. The molecule has 8 heteroatoms. The first-order valence-electron chi connectivity index (χ1n) is 9.51. The Hall–Kier alpha value is -1.90. The standard InChI is InChI=1S/C21H27BrN2O4S/c1-5-24(6-2)29(26,27)18-12-13-20(22)19(14-18)21(25)23(4)15-16-8-10-17(11-9-16)28-7-3/h8-14H,5-7,15H2,1-4H3. The van der Waals surface area contributed by atoms with Crippen molar-refractivity contribution in [3.05, 3.63) is 58.1 Å². The molecule has 2 aromatic carbocycles. The molecule has 0 N–H and O–H groups in total. The van der Waals surface area contributed by atoms with Gasteiger partial charge in [-0.2, -0.15) is 4.31 Å². The van der Waals surface area contributed by atoms with Gasteiger partial charge >= 0.3 is 0 Å². The van der Waals surface area contributed by atoms with Gasteiger partial charge in [-0.05, 0) is 58.7 Å². The minimum Gasteiger partial charge on any atom is -0.494 e. The second-order valence-electron chi connectivity index (χ2n) is 6.47. The van der Waals surface area contributed by atoms with Crippen LogP contribution in [0.3, 0.4) is 0 Å². The van der Waals surface area contributed by atoms with E-state index in [-0.39, 0.29) is 10.8 Å². The number of hydrogen-bond donors (Lipinski definition) is 0. The summed E-state index contributed by atoms with van der Waals surface area (Å²) in [6.45, 7) is 7.23. The molecule has 0 aromatic heterocycles. The Morgan fingerprint density at radius 3 is 2.21 bits per heavy atom. The van der Waals surface area contributed by atoms with Crippen LogP contribution >= 0.6 is 15.9 Å². The molecule has 0 saturated carbocycles. The van der Waals surface area contributed by atoms with Gasteiger partial charge in [0.15, 0.2) is 0 Å². The fraction of sp³-hybridized carbons (Fsp3) is 0.381. The zero-order valence-corrected chi connectivity index (χ0v) is 19.6. The molecule has 158 valence electrons. The summed E-state index contributed by atoms with van der Waals surface area (Å²) in [4.78, 5) is 14.7. The number of hydrogen-bond acceptors (Lipinski definition) is 4. The van der Waals surface area contributed by atoms with Gasteiger partial charge < -0.3 is 9.64 Å². The minimum absolute atomic E-state index is 0.113. The average Bonchev–Trinajstić information content (AvgIpc) is 2.70. The van der Waals surface area contributed by atoms with Crippen LogP contribution in [0, 0.1) is 0 Å². The Morgan fingerprint density at radius 1 is 1.03 bits per heavy atom. The highest BCUT2D eigenvalue weighted by Crippen LogP contribution is 2.25. The van der Waals surface area contributed by atoms with E-state index in [0.717, 1.165) is 11.3 Å². The molecule has 0 fully saturated rings. The van der Waals surface area contributed by atoms with E-state index in [1.165, 1.54) is 16.4 Å². The number of nitrogens with zero attached hydrogens (tertiary/aromatic N) is 2. The summed E-state index contributed by atoms with van der Waals surface area (Å²) in [7, 11) is -1.95. The number of carbonyl (C=O) groups is 1. The van der Waals surface area contributed by atoms with Crippen LogP contribution in [-0.2, 0) is 16.6 Å². The molecule has 2 aromatic rings. The van der Waals surface area contributed by atoms with Crippen LogP contribution in [0.5, 0.6) is 5.75 Å². The zero-order chi connectivity index (χ0) is 21.6. The lowest BCUT2D eigenvalue weighted by molar-refractivity contribution is 0.0784. The summed E-state index contributed by atoms with van der Waals surface area (Å²) in [6.07, 6.45) is 0. The van der Waals surface area contributed by atoms with Gasteiger partial charge in [0.25, 0.3) is 5.91 Å². The first kappa shape index (κ1) is 23.4. The van der Waals surface area contributed by atoms with E-state index in [1.807, 2.05) is 31.2 Å². The highest BCUT2D eigenvalue weighted by atomic mass is 79.9. The van der Waals surface area contributed by atoms with Gasteiger partial charge in [0.1, 0.15) is 5.75 Å². The molecule has 0 saturated heterocycles. The third-order valence-corrected chi connectivity index (χ3v) is 7.25. The summed E-state index contributed by atoms with van der Waals surface area (Å²) >= 11 is 3.38. The molecule has 29 heavy (non-hydrogen) atoms. The number of benzene rings is 2. The van der Waals surface area contributed by atoms with Crippen molar-refractivity contribution in [3.8, 4) is 5.75 Å². The van der Waals surface area contributed by atoms with Gasteiger partial charge in [0.2, 0.25) is 10.0 Å². The maximum Gasteiger partial charge on any atom is 0.255 e. The van der Waals surface area contributed by atoms with E-state index in [0.29, 0.717) is 36.3 Å². The number of rotatable bonds is 9. The molecule has 0 heterocycles. The average molecular weight is 483 g/mol. The first-order chi connectivity index (χ1) is 13.7. The summed E-state index contributed by atoms with van der Waals surface area (Å²) in [6, 6.07) is 12.1. The van der Waals surface area contributed by atoms with Gasteiger partial charge in [-0.1, -0.05) is 26.0 Å². The fourth-order valence-electron chi connectivity index (χ4n) is 2.95. The Kier molecular flexibility index (Phi) is 8.24. The summed E-state index contributed by atoms with van der Waals surface area (Å²) < 4.78 is 33.0. The first-order valence-corrected chi connectivity index (χ1v) is 11.7. The van der Waals surface area contributed by atoms with Crippen molar-refractivity contribution in [2.75, 3.05) is 26.7 Å². The van der Waals surface area contributed by atoms with Crippen molar-refractivity contribution in [3.63, 3.8) is 0 Å². The van der Waals surface area contributed by atoms with Crippen LogP contribution in [0.1, 0.15) is 36.7 Å². The largest absolute Gasteiger partial charge is 0.494 e. The third-order valence-electron chi connectivity index (χ3n) is 4.51. The van der Waals surface area contributed by atoms with Crippen LogP contribution in [0.25, 0.3) is 0 Å². The predicted octanol–water partition coefficient (Wildman–Crippen LogP) is 4.15. The van der Waals surface area contributed by atoms with Crippen molar-refractivity contribution in [1.82, 2.24) is 9.21 Å². The molecule has 0 aliphatic heterocycles. The number of ether oxygens (including phenoxy) is 1. The molecular weight excluding hydrogens is 456 g/mol. The number of amides is 1. The number of halogens is 1. The topological polar surface area (TPSA) is 66.9 Å². The highest BCUT2D eigenvalue weighted by molar-refractivity contribution is 9.10. The molecule has 0 radical (unpaired) electrons. The predicted molar refractivity (Wildman–Crippen MR) is 118 cm³/mol. The van der Waals surface area contributed by atoms with E-state index >= 15 is 0 Å². The normalized spacial score (nSPS) is 11.5. The minimum atomic E-state index is -3.64. The fourth-order valence-corrected chi connectivity index (χ4v) is 4.85. The van der Waals surface area contributed by atoms with Crippen molar-refractivity contribution < 1.29 is 17.9 Å². The van der Waals surface area contributed by atoms with Crippen molar-refractivity contribution in [2.45, 2.75) is 32.2 Å². The Morgan fingerprint density at radius 2 is 1.66 bits per heavy atom. The van der Waals surface area contributed by atoms with E-state index in [1.54, 1.807) is 31.9 Å². The molecular formula is C21H27BrN2O4S. The Bertz CT molecular complexity index is 942. The van der Waals surface area contributed by atoms with E-state index < -0.39 is 10.0 Å². The van der Waals surface area contributed by atoms with Gasteiger partial charge in [0, 0.05) is 31.2 Å². The molecule has 0 aliphatic rings. The van der Waals surface area contributed by atoms with Crippen LogP contribution in [0.4, 0.5) is 0 Å². The van der Waals surface area contributed by atoms with Gasteiger partial charge in [-0.25, -0.2) is 8.42 Å². The van der Waals surface area contributed by atoms with Gasteiger partial charge in [0.05, 0.1) is 17.1 Å². The van der Waals surface area contributed by atoms with E-state index in [2.05, 4.69) is 15.9 Å². The summed E-state index contributed by atoms with van der Waals surface area (Å²) in [5.41, 5.74) is 1.26. The van der Waals surface area contributed by atoms with Crippen LogP contribution in [0.2, 0.25) is 0 Å². The molecule has 0 unspecified atom stereocenters. The number of carbonyl (C=O) groups excluding carboxylic acids is 1. The quantitative estimate of drug-likeness (QED) is 0.538. The van der Waals surface area contributed by atoms with Gasteiger partial charge in [-0.15, -0.1) is 0 Å². The molecule has 0 aliphatic carbocycles. The van der Waals surface area contributed by atoms with Gasteiger partial charge in [-0.3, -0.25) is 4.79 Å². The molecule has 1 amide bonds. The smallest absolute Gasteiger partial charge is 0.255 e. The van der Waals surface area contributed by atoms with E-state index in [9.17, 15) is 13.2 Å². The Labute approximate surface area is 181 Å². The van der Waals surface area contributed by atoms with Crippen LogP contribution in [-0.4, -0.2) is 50.3 Å². The molecule has 0 atom stereocenters. The molecule has 6 nitrogen and oxygen atoms in total. The van der Waals surface area contributed by atoms with Crippen LogP contribution < -0.4 is 4.74 Å². The Balaban J connectivity index is 2.25. The molecule has 2 rings (SSSR count). The third kappa shape index (κ3) is 5.58. The maximum absolute atomic E-state index is 13.0. The second-order valence-corrected chi connectivity index (χ2v) is 9.26. The highest BCUT2D eigenvalue weighted by Gasteiger charge is 2.24.